The molecule has 0 aliphatic rings. The number of rotatable bonds is 10. The minimum atomic E-state index is -0.301. The van der Waals surface area contributed by atoms with Crippen LogP contribution in [0.1, 0.15) is 41.3 Å². The predicted molar refractivity (Wildman–Crippen MR) is 124 cm³/mol. The molecule has 1 N–H and O–H groups in total. The van der Waals surface area contributed by atoms with Crippen LogP contribution in [0.2, 0.25) is 5.02 Å². The molecule has 0 bridgehead atoms. The molecule has 1 amide bonds. The van der Waals surface area contributed by atoms with Crippen LogP contribution >= 0.6 is 11.6 Å². The zero-order chi connectivity index (χ0) is 21.9. The maximum Gasteiger partial charge on any atom is 0.271 e. The number of hydrogen-bond donors (Lipinski definition) is 1. The number of halogens is 1. The van der Waals surface area contributed by atoms with Crippen molar-refractivity contribution < 1.29 is 14.3 Å². The highest BCUT2D eigenvalue weighted by molar-refractivity contribution is 6.30. The predicted octanol–water partition coefficient (Wildman–Crippen LogP) is 5.86. The Balaban J connectivity index is 1.52. The van der Waals surface area contributed by atoms with Gasteiger partial charge in [-0.3, -0.25) is 4.79 Å². The topological polar surface area (TPSA) is 59.9 Å². The summed E-state index contributed by atoms with van der Waals surface area (Å²) >= 11 is 5.89. The molecule has 6 heteroatoms. The molecule has 0 saturated heterocycles. The first kappa shape index (κ1) is 22.4. The average Bonchev–Trinajstić information content (AvgIpc) is 2.80. The SMILES string of the molecule is CCCCOc1ccccc1/C=N\NC(=O)c1ccc(OCc2ccc(Cl)cc2)cc1. The van der Waals surface area contributed by atoms with Gasteiger partial charge in [0.05, 0.1) is 12.8 Å². The van der Waals surface area contributed by atoms with Gasteiger partial charge in [-0.05, 0) is 60.5 Å². The number of carbonyl (C=O) groups excluding carboxylic acids is 1. The van der Waals surface area contributed by atoms with E-state index in [2.05, 4.69) is 17.5 Å². The lowest BCUT2D eigenvalue weighted by atomic mass is 10.2. The van der Waals surface area contributed by atoms with E-state index < -0.39 is 0 Å². The third-order valence-electron chi connectivity index (χ3n) is 4.48. The van der Waals surface area contributed by atoms with Crippen LogP contribution in [-0.4, -0.2) is 18.7 Å². The van der Waals surface area contributed by atoms with Crippen molar-refractivity contribution in [2.45, 2.75) is 26.4 Å². The van der Waals surface area contributed by atoms with Crippen LogP contribution in [0.15, 0.2) is 77.9 Å². The second-order valence-electron chi connectivity index (χ2n) is 6.88. The fourth-order valence-corrected chi connectivity index (χ4v) is 2.85. The second kappa shape index (κ2) is 11.8. The normalized spacial score (nSPS) is 10.8. The molecule has 31 heavy (non-hydrogen) atoms. The molecule has 0 atom stereocenters. The van der Waals surface area contributed by atoms with Gasteiger partial charge in [0.25, 0.3) is 5.91 Å². The Morgan fingerprint density at radius 3 is 2.48 bits per heavy atom. The molecule has 3 aromatic rings. The average molecular weight is 437 g/mol. The van der Waals surface area contributed by atoms with Crippen molar-refractivity contribution in [2.75, 3.05) is 6.61 Å². The Morgan fingerprint density at radius 1 is 1.00 bits per heavy atom. The third-order valence-corrected chi connectivity index (χ3v) is 4.73. The number of para-hydroxylation sites is 1. The number of unbranched alkanes of at least 4 members (excludes halogenated alkanes) is 1. The molecule has 0 radical (unpaired) electrons. The molecular weight excluding hydrogens is 412 g/mol. The number of hydrogen-bond acceptors (Lipinski definition) is 4. The van der Waals surface area contributed by atoms with Crippen LogP contribution in [0.5, 0.6) is 11.5 Å². The fraction of sp³-hybridized carbons (Fsp3) is 0.200. The minimum Gasteiger partial charge on any atom is -0.493 e. The molecule has 0 fully saturated rings. The van der Waals surface area contributed by atoms with Gasteiger partial charge < -0.3 is 9.47 Å². The Hall–Kier alpha value is -3.31. The van der Waals surface area contributed by atoms with E-state index in [1.807, 2.05) is 48.5 Å². The van der Waals surface area contributed by atoms with Gasteiger partial charge in [-0.1, -0.05) is 49.2 Å². The molecule has 5 nitrogen and oxygen atoms in total. The van der Waals surface area contributed by atoms with E-state index in [4.69, 9.17) is 21.1 Å². The molecule has 0 spiro atoms. The maximum absolute atomic E-state index is 12.3. The van der Waals surface area contributed by atoms with Gasteiger partial charge in [-0.25, -0.2) is 5.43 Å². The van der Waals surface area contributed by atoms with E-state index in [1.54, 1.807) is 30.5 Å². The van der Waals surface area contributed by atoms with Gasteiger partial charge in [-0.2, -0.15) is 5.10 Å². The number of benzene rings is 3. The Labute approximate surface area is 187 Å². The van der Waals surface area contributed by atoms with Gasteiger partial charge in [0, 0.05) is 16.1 Å². The molecule has 3 aromatic carbocycles. The molecular formula is C25H25ClN2O3. The number of hydrazone groups is 1. The molecule has 0 aromatic heterocycles. The summed E-state index contributed by atoms with van der Waals surface area (Å²) in [6.45, 7) is 3.19. The van der Waals surface area contributed by atoms with Crippen molar-refractivity contribution >= 4 is 23.7 Å². The summed E-state index contributed by atoms with van der Waals surface area (Å²) in [6, 6.07) is 22.0. The van der Waals surface area contributed by atoms with Crippen molar-refractivity contribution in [3.8, 4) is 11.5 Å². The van der Waals surface area contributed by atoms with E-state index in [1.165, 1.54) is 0 Å². The van der Waals surface area contributed by atoms with Crippen LogP contribution in [0.4, 0.5) is 0 Å². The van der Waals surface area contributed by atoms with Crippen molar-refractivity contribution in [3.05, 3.63) is 94.5 Å². The molecule has 0 aliphatic carbocycles. The standard InChI is InChI=1S/C25H25ClN2O3/c1-2-3-16-30-24-7-5-4-6-21(24)17-27-28-25(29)20-10-14-23(15-11-20)31-18-19-8-12-22(26)13-9-19/h4-15,17H,2-3,16,18H2,1H3,(H,28,29)/b27-17-. The van der Waals surface area contributed by atoms with E-state index >= 15 is 0 Å². The van der Waals surface area contributed by atoms with Crippen LogP contribution in [-0.2, 0) is 6.61 Å². The highest BCUT2D eigenvalue weighted by Crippen LogP contribution is 2.17. The summed E-state index contributed by atoms with van der Waals surface area (Å²) in [7, 11) is 0. The Bertz CT molecular complexity index is 1000. The minimum absolute atomic E-state index is 0.301. The quantitative estimate of drug-likeness (QED) is 0.246. The van der Waals surface area contributed by atoms with Gasteiger partial charge in [-0.15, -0.1) is 0 Å². The third kappa shape index (κ3) is 7.15. The highest BCUT2D eigenvalue weighted by atomic mass is 35.5. The van der Waals surface area contributed by atoms with Crippen LogP contribution in [0, 0.1) is 0 Å². The lowest BCUT2D eigenvalue weighted by molar-refractivity contribution is 0.0955. The smallest absolute Gasteiger partial charge is 0.271 e. The van der Waals surface area contributed by atoms with E-state index in [9.17, 15) is 4.79 Å². The van der Waals surface area contributed by atoms with Crippen molar-refractivity contribution in [2.24, 2.45) is 5.10 Å². The van der Waals surface area contributed by atoms with Crippen molar-refractivity contribution in [3.63, 3.8) is 0 Å². The van der Waals surface area contributed by atoms with Gasteiger partial charge in [0.15, 0.2) is 0 Å². The van der Waals surface area contributed by atoms with E-state index in [0.717, 1.165) is 29.7 Å². The molecule has 3 rings (SSSR count). The van der Waals surface area contributed by atoms with Crippen LogP contribution in [0.3, 0.4) is 0 Å². The monoisotopic (exact) mass is 436 g/mol. The molecule has 0 heterocycles. The van der Waals surface area contributed by atoms with Crippen molar-refractivity contribution in [1.29, 1.82) is 0 Å². The number of carbonyl (C=O) groups is 1. The molecule has 0 saturated carbocycles. The lowest BCUT2D eigenvalue weighted by Crippen LogP contribution is -2.17. The van der Waals surface area contributed by atoms with E-state index in [-0.39, 0.29) is 5.91 Å². The zero-order valence-corrected chi connectivity index (χ0v) is 18.1. The summed E-state index contributed by atoms with van der Waals surface area (Å²) in [4.78, 5) is 12.3. The van der Waals surface area contributed by atoms with Gasteiger partial charge >= 0.3 is 0 Å². The lowest BCUT2D eigenvalue weighted by Gasteiger charge is -2.08. The van der Waals surface area contributed by atoms with Crippen LogP contribution < -0.4 is 14.9 Å². The molecule has 0 unspecified atom stereocenters. The van der Waals surface area contributed by atoms with Crippen molar-refractivity contribution in [1.82, 2.24) is 5.43 Å². The first-order chi connectivity index (χ1) is 15.2. The largest absolute Gasteiger partial charge is 0.493 e. The summed E-state index contributed by atoms with van der Waals surface area (Å²) in [6.07, 6.45) is 3.64. The number of nitrogens with one attached hydrogen (secondary N) is 1. The summed E-state index contributed by atoms with van der Waals surface area (Å²) in [5.41, 5.74) is 4.86. The molecule has 0 aliphatic heterocycles. The summed E-state index contributed by atoms with van der Waals surface area (Å²) < 4.78 is 11.5. The first-order valence-electron chi connectivity index (χ1n) is 10.2. The summed E-state index contributed by atoms with van der Waals surface area (Å²) in [5.74, 6) is 1.12. The number of nitrogens with zero attached hydrogens (tertiary/aromatic N) is 1. The number of amides is 1. The Morgan fingerprint density at radius 2 is 1.74 bits per heavy atom. The zero-order valence-electron chi connectivity index (χ0n) is 17.4. The highest BCUT2D eigenvalue weighted by Gasteiger charge is 2.05. The van der Waals surface area contributed by atoms with Gasteiger partial charge in [0.2, 0.25) is 0 Å². The summed E-state index contributed by atoms with van der Waals surface area (Å²) in [5, 5.41) is 4.75. The molecule has 160 valence electrons. The fourth-order valence-electron chi connectivity index (χ4n) is 2.72. The van der Waals surface area contributed by atoms with Gasteiger partial charge in [0.1, 0.15) is 18.1 Å². The second-order valence-corrected chi connectivity index (χ2v) is 7.31. The van der Waals surface area contributed by atoms with Crippen LogP contribution in [0.25, 0.3) is 0 Å². The Kier molecular flexibility index (Phi) is 8.49. The van der Waals surface area contributed by atoms with E-state index in [0.29, 0.717) is 29.5 Å². The first-order valence-corrected chi connectivity index (χ1v) is 10.6. The maximum atomic E-state index is 12.3. The number of ether oxygens (including phenoxy) is 2.